The Hall–Kier alpha value is -2.81. The largest absolute Gasteiger partial charge is 0.381 e. The molecule has 2 saturated heterocycles. The van der Waals surface area contributed by atoms with Crippen LogP contribution < -0.4 is 9.80 Å². The zero-order chi connectivity index (χ0) is 18.1. The lowest BCUT2D eigenvalue weighted by molar-refractivity contribution is 0.0845. The fraction of sp³-hybridized carbons (Fsp3) is 0.500. The molecule has 3 aromatic rings. The summed E-state index contributed by atoms with van der Waals surface area (Å²) in [6.45, 7) is 5.27. The fourth-order valence-electron chi connectivity index (χ4n) is 3.80. The van der Waals surface area contributed by atoms with Crippen molar-refractivity contribution < 1.29 is 4.74 Å². The van der Waals surface area contributed by atoms with Crippen LogP contribution in [0.2, 0.25) is 0 Å². The van der Waals surface area contributed by atoms with Gasteiger partial charge in [0.25, 0.3) is 0 Å². The molecule has 0 aliphatic carbocycles. The highest BCUT2D eigenvalue weighted by molar-refractivity contribution is 5.48. The van der Waals surface area contributed by atoms with Crippen LogP contribution in [0.3, 0.4) is 0 Å². The molecule has 0 saturated carbocycles. The monoisotopic (exact) mass is 366 g/mol. The van der Waals surface area contributed by atoms with E-state index in [0.717, 1.165) is 75.2 Å². The normalized spacial score (nSPS) is 19.0. The first-order valence-corrected chi connectivity index (χ1v) is 9.43. The number of nitrogens with zero attached hydrogens (tertiary/aromatic N) is 8. The summed E-state index contributed by atoms with van der Waals surface area (Å²) < 4.78 is 7.18. The Balaban J connectivity index is 1.27. The van der Waals surface area contributed by atoms with Crippen molar-refractivity contribution in [3.63, 3.8) is 0 Å². The Bertz CT molecular complexity index is 914. The average molecular weight is 366 g/mol. The van der Waals surface area contributed by atoms with E-state index >= 15 is 0 Å². The molecule has 0 aromatic carbocycles. The Kier molecular flexibility index (Phi) is 4.29. The number of aromatic nitrogens is 6. The third kappa shape index (κ3) is 3.30. The standard InChI is InChI=1S/C18H22N8O/c1-2-17(23-26-13-21-22-16(1)26)24-5-7-25(8-6-24)18-11-15(19-12-20-18)14-3-9-27-10-4-14/h1-2,11-14H,3-10H2. The van der Waals surface area contributed by atoms with Gasteiger partial charge in [0.15, 0.2) is 5.65 Å². The van der Waals surface area contributed by atoms with Crippen LogP contribution in [0.5, 0.6) is 0 Å². The predicted molar refractivity (Wildman–Crippen MR) is 100 cm³/mol. The molecule has 9 heteroatoms. The quantitative estimate of drug-likeness (QED) is 0.682. The lowest BCUT2D eigenvalue weighted by atomic mass is 9.96. The molecule has 2 fully saturated rings. The van der Waals surface area contributed by atoms with Crippen LogP contribution in [-0.2, 0) is 4.74 Å². The Labute approximate surface area is 157 Å². The Morgan fingerprint density at radius 2 is 1.70 bits per heavy atom. The van der Waals surface area contributed by atoms with E-state index in [1.54, 1.807) is 17.2 Å². The van der Waals surface area contributed by atoms with Gasteiger partial charge in [0.05, 0.1) is 0 Å². The summed E-state index contributed by atoms with van der Waals surface area (Å²) in [6.07, 6.45) is 5.42. The third-order valence-electron chi connectivity index (χ3n) is 5.39. The van der Waals surface area contributed by atoms with Crippen LogP contribution in [-0.4, -0.2) is 69.2 Å². The number of ether oxygens (including phenoxy) is 1. The molecule has 27 heavy (non-hydrogen) atoms. The Morgan fingerprint density at radius 3 is 2.52 bits per heavy atom. The minimum Gasteiger partial charge on any atom is -0.381 e. The van der Waals surface area contributed by atoms with E-state index in [0.29, 0.717) is 5.92 Å². The van der Waals surface area contributed by atoms with Crippen LogP contribution in [0.1, 0.15) is 24.5 Å². The van der Waals surface area contributed by atoms with Crippen LogP contribution in [0.4, 0.5) is 11.6 Å². The van der Waals surface area contributed by atoms with Crippen molar-refractivity contribution in [1.82, 2.24) is 29.8 Å². The number of anilines is 2. The van der Waals surface area contributed by atoms with Crippen molar-refractivity contribution in [2.45, 2.75) is 18.8 Å². The molecule has 0 N–H and O–H groups in total. The summed E-state index contributed by atoms with van der Waals surface area (Å²) in [7, 11) is 0. The number of rotatable bonds is 3. The number of hydrogen-bond acceptors (Lipinski definition) is 8. The van der Waals surface area contributed by atoms with E-state index < -0.39 is 0 Å². The van der Waals surface area contributed by atoms with Gasteiger partial charge in [-0.2, -0.15) is 4.52 Å². The highest BCUT2D eigenvalue weighted by atomic mass is 16.5. The van der Waals surface area contributed by atoms with Gasteiger partial charge in [0.2, 0.25) is 0 Å². The van der Waals surface area contributed by atoms with Gasteiger partial charge in [0, 0.05) is 57.1 Å². The summed E-state index contributed by atoms with van der Waals surface area (Å²) in [5.74, 6) is 2.46. The minimum atomic E-state index is 0.488. The molecule has 5 rings (SSSR count). The van der Waals surface area contributed by atoms with Crippen molar-refractivity contribution in [3.05, 3.63) is 36.5 Å². The molecule has 0 spiro atoms. The second-order valence-electron chi connectivity index (χ2n) is 6.99. The lowest BCUT2D eigenvalue weighted by Crippen LogP contribution is -2.47. The number of piperazine rings is 1. The Morgan fingerprint density at radius 1 is 0.926 bits per heavy atom. The lowest BCUT2D eigenvalue weighted by Gasteiger charge is -2.36. The van der Waals surface area contributed by atoms with Gasteiger partial charge in [-0.3, -0.25) is 0 Å². The van der Waals surface area contributed by atoms with Crippen molar-refractivity contribution in [2.75, 3.05) is 49.2 Å². The minimum absolute atomic E-state index is 0.488. The number of fused-ring (bicyclic) bond motifs is 1. The van der Waals surface area contributed by atoms with Gasteiger partial charge < -0.3 is 14.5 Å². The first kappa shape index (κ1) is 16.4. The van der Waals surface area contributed by atoms with Crippen molar-refractivity contribution in [2.24, 2.45) is 0 Å². The van der Waals surface area contributed by atoms with E-state index in [4.69, 9.17) is 4.74 Å². The van der Waals surface area contributed by atoms with E-state index in [1.807, 2.05) is 12.1 Å². The van der Waals surface area contributed by atoms with Crippen LogP contribution >= 0.6 is 0 Å². The van der Waals surface area contributed by atoms with Gasteiger partial charge in [0.1, 0.15) is 24.3 Å². The molecule has 2 aliphatic rings. The molecule has 9 nitrogen and oxygen atoms in total. The molecule has 3 aromatic heterocycles. The van der Waals surface area contributed by atoms with Crippen LogP contribution in [0.15, 0.2) is 30.9 Å². The summed E-state index contributed by atoms with van der Waals surface area (Å²) in [5, 5.41) is 12.5. The highest BCUT2D eigenvalue weighted by Crippen LogP contribution is 2.27. The molecule has 0 radical (unpaired) electrons. The zero-order valence-electron chi connectivity index (χ0n) is 15.1. The molecular formula is C18H22N8O. The summed E-state index contributed by atoms with van der Waals surface area (Å²) in [5.41, 5.74) is 1.91. The smallest absolute Gasteiger partial charge is 0.177 e. The topological polar surface area (TPSA) is 84.6 Å². The van der Waals surface area contributed by atoms with Gasteiger partial charge in [-0.1, -0.05) is 0 Å². The average Bonchev–Trinajstić information content (AvgIpc) is 3.22. The second-order valence-corrected chi connectivity index (χ2v) is 6.99. The van der Waals surface area contributed by atoms with Gasteiger partial charge in [-0.15, -0.1) is 15.3 Å². The summed E-state index contributed by atoms with van der Waals surface area (Å²) in [4.78, 5) is 13.7. The van der Waals surface area contributed by atoms with Gasteiger partial charge in [-0.25, -0.2) is 9.97 Å². The SMILES string of the molecule is c1nc(C2CCOCC2)cc(N2CCN(c3ccc4nncn4n3)CC2)n1. The van der Waals surface area contributed by atoms with E-state index in [2.05, 4.69) is 41.1 Å². The number of hydrogen-bond donors (Lipinski definition) is 0. The predicted octanol–water partition coefficient (Wildman–Crippen LogP) is 1.13. The van der Waals surface area contributed by atoms with Crippen molar-refractivity contribution >= 4 is 17.3 Å². The van der Waals surface area contributed by atoms with E-state index in [1.165, 1.54) is 0 Å². The molecule has 0 unspecified atom stereocenters. The zero-order valence-corrected chi connectivity index (χ0v) is 15.1. The first-order valence-electron chi connectivity index (χ1n) is 9.43. The molecule has 2 aliphatic heterocycles. The molecule has 5 heterocycles. The van der Waals surface area contributed by atoms with Crippen molar-refractivity contribution in [3.8, 4) is 0 Å². The van der Waals surface area contributed by atoms with Gasteiger partial charge >= 0.3 is 0 Å². The van der Waals surface area contributed by atoms with Crippen LogP contribution in [0.25, 0.3) is 5.65 Å². The maximum atomic E-state index is 5.47. The van der Waals surface area contributed by atoms with Crippen LogP contribution in [0, 0.1) is 0 Å². The van der Waals surface area contributed by atoms with E-state index in [-0.39, 0.29) is 0 Å². The first-order chi connectivity index (χ1) is 13.4. The van der Waals surface area contributed by atoms with Crippen molar-refractivity contribution in [1.29, 1.82) is 0 Å². The van der Waals surface area contributed by atoms with Gasteiger partial charge in [-0.05, 0) is 25.0 Å². The summed E-state index contributed by atoms with van der Waals surface area (Å²) in [6, 6.07) is 6.12. The highest BCUT2D eigenvalue weighted by Gasteiger charge is 2.22. The molecular weight excluding hydrogens is 344 g/mol. The molecule has 0 amide bonds. The molecule has 140 valence electrons. The second kappa shape index (κ2) is 7.07. The third-order valence-corrected chi connectivity index (χ3v) is 5.39. The molecule has 0 bridgehead atoms. The maximum absolute atomic E-state index is 5.47. The maximum Gasteiger partial charge on any atom is 0.177 e. The van der Waals surface area contributed by atoms with E-state index in [9.17, 15) is 0 Å². The summed E-state index contributed by atoms with van der Waals surface area (Å²) >= 11 is 0. The fourth-order valence-corrected chi connectivity index (χ4v) is 3.80. The molecule has 0 atom stereocenters.